The third-order valence-electron chi connectivity index (χ3n) is 3.30. The summed E-state index contributed by atoms with van der Waals surface area (Å²) < 4.78 is 5.24. The number of nitrogens with one attached hydrogen (secondary N) is 1. The topological polar surface area (TPSA) is 68.0 Å². The van der Waals surface area contributed by atoms with E-state index in [4.69, 9.17) is 4.52 Å². The molecule has 0 aliphatic rings. The first-order valence-corrected chi connectivity index (χ1v) is 8.36. The maximum atomic E-state index is 11.8. The maximum Gasteiger partial charge on any atom is 0.227 e. The van der Waals surface area contributed by atoms with Crippen LogP contribution in [0.5, 0.6) is 0 Å². The Kier molecular flexibility index (Phi) is 5.16. The van der Waals surface area contributed by atoms with Crippen LogP contribution >= 0.6 is 11.3 Å². The number of aromatic nitrogens is 2. The van der Waals surface area contributed by atoms with Crippen LogP contribution < -0.4 is 5.32 Å². The summed E-state index contributed by atoms with van der Waals surface area (Å²) in [5.41, 5.74) is 0.937. The van der Waals surface area contributed by atoms with E-state index in [0.717, 1.165) is 16.9 Å². The first kappa shape index (κ1) is 15.4. The Morgan fingerprint density at radius 1 is 1.17 bits per heavy atom. The lowest BCUT2D eigenvalue weighted by molar-refractivity contribution is -0.120. The SMILES string of the molecule is O=C(Cc1cccs1)NCCCc1nc(-c2ccccc2)no1. The van der Waals surface area contributed by atoms with Crippen molar-refractivity contribution in [3.8, 4) is 11.4 Å². The summed E-state index contributed by atoms with van der Waals surface area (Å²) in [6.07, 6.45) is 1.86. The molecular formula is C17H17N3O2S. The van der Waals surface area contributed by atoms with Crippen molar-refractivity contribution in [3.63, 3.8) is 0 Å². The molecule has 3 rings (SSSR count). The second kappa shape index (κ2) is 7.69. The maximum absolute atomic E-state index is 11.8. The molecule has 5 nitrogen and oxygen atoms in total. The van der Waals surface area contributed by atoms with Gasteiger partial charge in [-0.1, -0.05) is 41.6 Å². The van der Waals surface area contributed by atoms with E-state index in [2.05, 4.69) is 15.5 Å². The van der Waals surface area contributed by atoms with Crippen LogP contribution in [0, 0.1) is 0 Å². The molecule has 23 heavy (non-hydrogen) atoms. The zero-order valence-corrected chi connectivity index (χ0v) is 13.4. The molecule has 0 unspecified atom stereocenters. The molecule has 1 N–H and O–H groups in total. The number of hydrogen-bond acceptors (Lipinski definition) is 5. The molecule has 0 aliphatic heterocycles. The molecule has 0 fully saturated rings. The minimum absolute atomic E-state index is 0.0444. The number of rotatable bonds is 7. The highest BCUT2D eigenvalue weighted by molar-refractivity contribution is 7.10. The number of carbonyl (C=O) groups is 1. The van der Waals surface area contributed by atoms with E-state index < -0.39 is 0 Å². The van der Waals surface area contributed by atoms with Gasteiger partial charge in [0.05, 0.1) is 6.42 Å². The zero-order valence-electron chi connectivity index (χ0n) is 12.6. The Balaban J connectivity index is 1.41. The molecular weight excluding hydrogens is 310 g/mol. The standard InChI is InChI=1S/C17H17N3O2S/c21-15(12-14-8-5-11-23-14)18-10-4-9-16-19-17(20-22-16)13-6-2-1-3-7-13/h1-3,5-8,11H,4,9-10,12H2,(H,18,21). The van der Waals surface area contributed by atoms with E-state index in [1.54, 1.807) is 11.3 Å². The molecule has 0 aliphatic carbocycles. The van der Waals surface area contributed by atoms with E-state index in [-0.39, 0.29) is 5.91 Å². The molecule has 3 aromatic rings. The molecule has 1 amide bonds. The fourth-order valence-electron chi connectivity index (χ4n) is 2.16. The Bertz CT molecular complexity index is 738. The summed E-state index contributed by atoms with van der Waals surface area (Å²) in [5.74, 6) is 1.24. The van der Waals surface area contributed by atoms with E-state index in [9.17, 15) is 4.79 Å². The molecule has 1 aromatic carbocycles. The van der Waals surface area contributed by atoms with Crippen molar-refractivity contribution < 1.29 is 9.32 Å². The predicted octanol–water partition coefficient (Wildman–Crippen LogP) is 3.09. The summed E-state index contributed by atoms with van der Waals surface area (Å²) in [4.78, 5) is 17.2. The van der Waals surface area contributed by atoms with Crippen molar-refractivity contribution in [1.29, 1.82) is 0 Å². The van der Waals surface area contributed by atoms with Crippen molar-refractivity contribution in [2.24, 2.45) is 0 Å². The smallest absolute Gasteiger partial charge is 0.227 e. The fraction of sp³-hybridized carbons (Fsp3) is 0.235. The van der Waals surface area contributed by atoms with Crippen LogP contribution in [0.3, 0.4) is 0 Å². The van der Waals surface area contributed by atoms with Gasteiger partial charge in [0.15, 0.2) is 0 Å². The van der Waals surface area contributed by atoms with Crippen molar-refractivity contribution in [1.82, 2.24) is 15.5 Å². The number of amides is 1. The van der Waals surface area contributed by atoms with E-state index in [1.165, 1.54) is 0 Å². The average molecular weight is 327 g/mol. The molecule has 0 bridgehead atoms. The minimum Gasteiger partial charge on any atom is -0.356 e. The number of nitrogens with zero attached hydrogens (tertiary/aromatic N) is 2. The summed E-state index contributed by atoms with van der Waals surface area (Å²) in [7, 11) is 0. The van der Waals surface area contributed by atoms with Gasteiger partial charge in [0.1, 0.15) is 0 Å². The van der Waals surface area contributed by atoms with Gasteiger partial charge >= 0.3 is 0 Å². The molecule has 0 saturated heterocycles. The number of carbonyl (C=O) groups excluding carboxylic acids is 1. The third kappa shape index (κ3) is 4.50. The van der Waals surface area contributed by atoms with Crippen LogP contribution in [-0.2, 0) is 17.6 Å². The van der Waals surface area contributed by atoms with Gasteiger partial charge in [-0.3, -0.25) is 4.79 Å². The van der Waals surface area contributed by atoms with Crippen LogP contribution in [0.25, 0.3) is 11.4 Å². The Labute approximate surface area is 138 Å². The molecule has 0 atom stereocenters. The van der Waals surface area contributed by atoms with E-state index in [1.807, 2.05) is 47.8 Å². The summed E-state index contributed by atoms with van der Waals surface area (Å²) in [6, 6.07) is 13.6. The highest BCUT2D eigenvalue weighted by Crippen LogP contribution is 2.15. The summed E-state index contributed by atoms with van der Waals surface area (Å²) >= 11 is 1.59. The molecule has 0 radical (unpaired) electrons. The van der Waals surface area contributed by atoms with Crippen LogP contribution in [0.4, 0.5) is 0 Å². The van der Waals surface area contributed by atoms with Gasteiger partial charge in [-0.15, -0.1) is 11.3 Å². The lowest BCUT2D eigenvalue weighted by Gasteiger charge is -2.02. The van der Waals surface area contributed by atoms with Gasteiger partial charge in [0.25, 0.3) is 0 Å². The average Bonchev–Trinajstić information content (AvgIpc) is 3.24. The lowest BCUT2D eigenvalue weighted by Crippen LogP contribution is -2.26. The third-order valence-corrected chi connectivity index (χ3v) is 4.18. The first-order valence-electron chi connectivity index (χ1n) is 7.48. The molecule has 2 aromatic heterocycles. The molecule has 118 valence electrons. The lowest BCUT2D eigenvalue weighted by atomic mass is 10.2. The largest absolute Gasteiger partial charge is 0.356 e. The van der Waals surface area contributed by atoms with Gasteiger partial charge in [-0.25, -0.2) is 0 Å². The molecule has 0 saturated carbocycles. The van der Waals surface area contributed by atoms with Crippen LogP contribution in [-0.4, -0.2) is 22.6 Å². The number of hydrogen-bond donors (Lipinski definition) is 1. The Hall–Kier alpha value is -2.47. The molecule has 0 spiro atoms. The van der Waals surface area contributed by atoms with Crippen LogP contribution in [0.2, 0.25) is 0 Å². The van der Waals surface area contributed by atoms with Crippen molar-refractivity contribution in [2.45, 2.75) is 19.3 Å². The number of thiophene rings is 1. The molecule has 2 heterocycles. The predicted molar refractivity (Wildman–Crippen MR) is 89.1 cm³/mol. The highest BCUT2D eigenvalue weighted by atomic mass is 32.1. The monoisotopic (exact) mass is 327 g/mol. The Morgan fingerprint density at radius 2 is 2.04 bits per heavy atom. The Morgan fingerprint density at radius 3 is 2.83 bits per heavy atom. The van der Waals surface area contributed by atoms with Gasteiger partial charge < -0.3 is 9.84 Å². The van der Waals surface area contributed by atoms with E-state index in [0.29, 0.717) is 31.1 Å². The van der Waals surface area contributed by atoms with Gasteiger partial charge in [0, 0.05) is 23.4 Å². The van der Waals surface area contributed by atoms with Crippen molar-refractivity contribution in [3.05, 3.63) is 58.6 Å². The second-order valence-electron chi connectivity index (χ2n) is 5.09. The van der Waals surface area contributed by atoms with Gasteiger partial charge in [-0.05, 0) is 17.9 Å². The van der Waals surface area contributed by atoms with E-state index >= 15 is 0 Å². The fourth-order valence-corrected chi connectivity index (χ4v) is 2.87. The first-order chi connectivity index (χ1) is 11.3. The van der Waals surface area contributed by atoms with Crippen molar-refractivity contribution in [2.75, 3.05) is 6.54 Å². The quantitative estimate of drug-likeness (QED) is 0.677. The second-order valence-corrected chi connectivity index (χ2v) is 6.12. The highest BCUT2D eigenvalue weighted by Gasteiger charge is 2.08. The van der Waals surface area contributed by atoms with Crippen LogP contribution in [0.1, 0.15) is 17.2 Å². The normalized spacial score (nSPS) is 10.6. The summed E-state index contributed by atoms with van der Waals surface area (Å²) in [5, 5.41) is 8.86. The number of benzene rings is 1. The zero-order chi connectivity index (χ0) is 15.9. The van der Waals surface area contributed by atoms with Gasteiger partial charge in [0.2, 0.25) is 17.6 Å². The van der Waals surface area contributed by atoms with Gasteiger partial charge in [-0.2, -0.15) is 4.98 Å². The van der Waals surface area contributed by atoms with Crippen LogP contribution in [0.15, 0.2) is 52.4 Å². The number of aryl methyl sites for hydroxylation is 1. The summed E-state index contributed by atoms with van der Waals surface area (Å²) in [6.45, 7) is 0.604. The van der Waals surface area contributed by atoms with Crippen molar-refractivity contribution >= 4 is 17.2 Å². The minimum atomic E-state index is 0.0444. The molecule has 6 heteroatoms.